The summed E-state index contributed by atoms with van der Waals surface area (Å²) in [6.45, 7) is 3.49. The monoisotopic (exact) mass is 505 g/mol. The Kier molecular flexibility index (Phi) is 7.50. The molecule has 0 N–H and O–H groups in total. The van der Waals surface area contributed by atoms with Gasteiger partial charge in [-0.25, -0.2) is 4.79 Å². The Morgan fingerprint density at radius 1 is 0.944 bits per heavy atom. The lowest BCUT2D eigenvalue weighted by Gasteiger charge is -2.17. The standard InChI is InChI=1S/C28H24ClNO6/c1-17-3-6-20(7-4-17)28(34)36-23-11-8-19(9-12-23)25(31)16-35-27(33)21-13-26(32)30(15-21)22-10-5-18(2)24(29)14-22/h3-12,14,21H,13,15-16H2,1-2H3. The van der Waals surface area contributed by atoms with Gasteiger partial charge in [0.15, 0.2) is 12.4 Å². The fraction of sp³-hybridized carbons (Fsp3) is 0.214. The minimum Gasteiger partial charge on any atom is -0.457 e. The summed E-state index contributed by atoms with van der Waals surface area (Å²) in [4.78, 5) is 51.2. The molecule has 3 aromatic rings. The first kappa shape index (κ1) is 25.1. The third-order valence-electron chi connectivity index (χ3n) is 5.95. The molecule has 1 aliphatic rings. The quantitative estimate of drug-likeness (QED) is 0.256. The summed E-state index contributed by atoms with van der Waals surface area (Å²) in [6.07, 6.45) is -0.000430. The Hall–Kier alpha value is -3.97. The zero-order chi connectivity index (χ0) is 25.8. The first-order valence-corrected chi connectivity index (χ1v) is 11.7. The first-order valence-electron chi connectivity index (χ1n) is 11.4. The second kappa shape index (κ2) is 10.7. The van der Waals surface area contributed by atoms with Crippen LogP contribution < -0.4 is 9.64 Å². The maximum absolute atomic E-state index is 12.5. The smallest absolute Gasteiger partial charge is 0.343 e. The highest BCUT2D eigenvalue weighted by Crippen LogP contribution is 2.29. The Balaban J connectivity index is 1.29. The number of aryl methyl sites for hydroxylation is 2. The number of halogens is 1. The summed E-state index contributed by atoms with van der Waals surface area (Å²) < 4.78 is 10.5. The van der Waals surface area contributed by atoms with Gasteiger partial charge in [-0.05, 0) is 67.9 Å². The predicted octanol–water partition coefficient (Wildman–Crippen LogP) is 4.96. The van der Waals surface area contributed by atoms with Crippen LogP contribution in [-0.2, 0) is 14.3 Å². The maximum Gasteiger partial charge on any atom is 0.343 e. The second-order valence-corrected chi connectivity index (χ2v) is 9.06. The number of hydrogen-bond acceptors (Lipinski definition) is 6. The van der Waals surface area contributed by atoms with Crippen LogP contribution in [0.5, 0.6) is 5.75 Å². The largest absolute Gasteiger partial charge is 0.457 e. The summed E-state index contributed by atoms with van der Waals surface area (Å²) in [6, 6.07) is 18.3. The topological polar surface area (TPSA) is 90.0 Å². The molecular formula is C28H24ClNO6. The molecule has 4 rings (SSSR count). The highest BCUT2D eigenvalue weighted by molar-refractivity contribution is 6.31. The summed E-state index contributed by atoms with van der Waals surface area (Å²) in [5.41, 5.74) is 3.26. The maximum atomic E-state index is 12.5. The lowest BCUT2D eigenvalue weighted by Crippen LogP contribution is -2.27. The van der Waals surface area contributed by atoms with Crippen LogP contribution in [0.25, 0.3) is 0 Å². The number of rotatable bonds is 7. The van der Waals surface area contributed by atoms with Crippen LogP contribution in [-0.4, -0.2) is 36.8 Å². The van der Waals surface area contributed by atoms with Crippen molar-refractivity contribution < 1.29 is 28.7 Å². The number of carbonyl (C=O) groups excluding carboxylic acids is 4. The van der Waals surface area contributed by atoms with Crippen molar-refractivity contribution in [2.75, 3.05) is 18.1 Å². The minimum atomic E-state index is -0.672. The van der Waals surface area contributed by atoms with Crippen LogP contribution in [0.4, 0.5) is 5.69 Å². The number of ketones is 1. The molecule has 1 fully saturated rings. The van der Waals surface area contributed by atoms with Crippen molar-refractivity contribution in [3.8, 4) is 5.75 Å². The van der Waals surface area contributed by atoms with Gasteiger partial charge in [0.25, 0.3) is 0 Å². The molecule has 0 radical (unpaired) electrons. The number of ether oxygens (including phenoxy) is 2. The Bertz CT molecular complexity index is 1320. The lowest BCUT2D eigenvalue weighted by molar-refractivity contribution is -0.147. The van der Waals surface area contributed by atoms with E-state index in [0.717, 1.165) is 11.1 Å². The zero-order valence-electron chi connectivity index (χ0n) is 19.8. The molecular weight excluding hydrogens is 482 g/mol. The second-order valence-electron chi connectivity index (χ2n) is 8.65. The summed E-state index contributed by atoms with van der Waals surface area (Å²) in [5.74, 6) is -2.12. The van der Waals surface area contributed by atoms with Crippen molar-refractivity contribution in [1.29, 1.82) is 0 Å². The Morgan fingerprint density at radius 2 is 1.61 bits per heavy atom. The van der Waals surface area contributed by atoms with Crippen LogP contribution in [0.3, 0.4) is 0 Å². The van der Waals surface area contributed by atoms with Gasteiger partial charge in [0, 0.05) is 29.2 Å². The lowest BCUT2D eigenvalue weighted by atomic mass is 10.1. The van der Waals surface area contributed by atoms with E-state index in [-0.39, 0.29) is 24.6 Å². The third-order valence-corrected chi connectivity index (χ3v) is 6.35. The van der Waals surface area contributed by atoms with E-state index in [1.54, 1.807) is 24.3 Å². The highest BCUT2D eigenvalue weighted by atomic mass is 35.5. The summed E-state index contributed by atoms with van der Waals surface area (Å²) >= 11 is 6.16. The van der Waals surface area contributed by atoms with Gasteiger partial charge in [0.2, 0.25) is 5.91 Å². The van der Waals surface area contributed by atoms with Crippen molar-refractivity contribution >= 4 is 40.9 Å². The van der Waals surface area contributed by atoms with E-state index < -0.39 is 30.2 Å². The van der Waals surface area contributed by atoms with E-state index in [9.17, 15) is 19.2 Å². The first-order chi connectivity index (χ1) is 17.2. The number of anilines is 1. The molecule has 1 heterocycles. The van der Waals surface area contributed by atoms with E-state index in [2.05, 4.69) is 0 Å². The molecule has 3 aromatic carbocycles. The van der Waals surface area contributed by atoms with Gasteiger partial charge in [0.1, 0.15) is 5.75 Å². The zero-order valence-corrected chi connectivity index (χ0v) is 20.6. The Morgan fingerprint density at radius 3 is 2.28 bits per heavy atom. The molecule has 0 spiro atoms. The average molecular weight is 506 g/mol. The fourth-order valence-corrected chi connectivity index (χ4v) is 3.94. The predicted molar refractivity (Wildman–Crippen MR) is 135 cm³/mol. The van der Waals surface area contributed by atoms with Gasteiger partial charge in [-0.3, -0.25) is 14.4 Å². The van der Waals surface area contributed by atoms with Crippen LogP contribution in [0.15, 0.2) is 66.7 Å². The molecule has 8 heteroatoms. The number of amides is 1. The normalized spacial score (nSPS) is 15.0. The highest BCUT2D eigenvalue weighted by Gasteiger charge is 2.36. The molecule has 0 bridgehead atoms. The number of nitrogens with zero attached hydrogens (tertiary/aromatic N) is 1. The van der Waals surface area contributed by atoms with Gasteiger partial charge in [-0.15, -0.1) is 0 Å². The van der Waals surface area contributed by atoms with Crippen LogP contribution in [0.1, 0.15) is 38.3 Å². The molecule has 1 atom stereocenters. The van der Waals surface area contributed by atoms with E-state index >= 15 is 0 Å². The SMILES string of the molecule is Cc1ccc(C(=O)Oc2ccc(C(=O)COC(=O)C3CC(=O)N(c4ccc(C)c(Cl)c4)C3)cc2)cc1. The molecule has 1 unspecified atom stereocenters. The van der Waals surface area contributed by atoms with E-state index in [1.165, 1.54) is 29.2 Å². The summed E-state index contributed by atoms with van der Waals surface area (Å²) in [5, 5.41) is 0.535. The van der Waals surface area contributed by atoms with Crippen LogP contribution >= 0.6 is 11.6 Å². The van der Waals surface area contributed by atoms with Gasteiger partial charge < -0.3 is 14.4 Å². The van der Waals surface area contributed by atoms with Gasteiger partial charge in [-0.2, -0.15) is 0 Å². The van der Waals surface area contributed by atoms with E-state index in [0.29, 0.717) is 21.8 Å². The molecule has 0 aliphatic carbocycles. The minimum absolute atomic E-state index is 0.000430. The van der Waals surface area contributed by atoms with Gasteiger partial charge in [0.05, 0.1) is 11.5 Å². The van der Waals surface area contributed by atoms with Gasteiger partial charge in [-0.1, -0.05) is 35.4 Å². The number of carbonyl (C=O) groups is 4. The number of hydrogen-bond donors (Lipinski definition) is 0. The number of Topliss-reactive ketones (excluding diaryl/α,β-unsaturated/α-hetero) is 1. The van der Waals surface area contributed by atoms with Crippen molar-refractivity contribution in [1.82, 2.24) is 0 Å². The number of benzene rings is 3. The van der Waals surface area contributed by atoms with Crippen LogP contribution in [0, 0.1) is 19.8 Å². The molecule has 36 heavy (non-hydrogen) atoms. The number of esters is 2. The molecule has 1 saturated heterocycles. The van der Waals surface area contributed by atoms with E-state index in [4.69, 9.17) is 21.1 Å². The van der Waals surface area contributed by atoms with Crippen molar-refractivity contribution in [2.24, 2.45) is 5.92 Å². The molecule has 0 aromatic heterocycles. The third kappa shape index (κ3) is 5.80. The molecule has 184 valence electrons. The van der Waals surface area contributed by atoms with E-state index in [1.807, 2.05) is 32.0 Å². The molecule has 1 amide bonds. The molecule has 0 saturated carbocycles. The average Bonchev–Trinajstić information content (AvgIpc) is 3.26. The molecule has 7 nitrogen and oxygen atoms in total. The Labute approximate surface area is 213 Å². The van der Waals surface area contributed by atoms with Crippen molar-refractivity contribution in [2.45, 2.75) is 20.3 Å². The van der Waals surface area contributed by atoms with Crippen molar-refractivity contribution in [3.63, 3.8) is 0 Å². The fourth-order valence-electron chi connectivity index (χ4n) is 3.77. The van der Waals surface area contributed by atoms with Crippen LogP contribution in [0.2, 0.25) is 5.02 Å². The molecule has 1 aliphatic heterocycles. The summed E-state index contributed by atoms with van der Waals surface area (Å²) in [7, 11) is 0. The van der Waals surface area contributed by atoms with Crippen molar-refractivity contribution in [3.05, 3.63) is 94.0 Å². The van der Waals surface area contributed by atoms with Gasteiger partial charge >= 0.3 is 11.9 Å².